The van der Waals surface area contributed by atoms with Gasteiger partial charge in [-0.3, -0.25) is 0 Å². The number of anilines is 2. The minimum Gasteiger partial charge on any atom is -0.476 e. The van der Waals surface area contributed by atoms with E-state index in [0.29, 0.717) is 43.7 Å². The summed E-state index contributed by atoms with van der Waals surface area (Å²) >= 11 is 0. The number of carbonyl (C=O) groups is 1. The number of fused-ring (bicyclic) bond motifs is 1. The van der Waals surface area contributed by atoms with Crippen LogP contribution in [0.3, 0.4) is 0 Å². The van der Waals surface area contributed by atoms with Crippen molar-refractivity contribution in [2.45, 2.75) is 64.0 Å². The summed E-state index contributed by atoms with van der Waals surface area (Å²) in [4.78, 5) is 14.8. The van der Waals surface area contributed by atoms with Crippen molar-refractivity contribution in [2.24, 2.45) is 5.92 Å². The molecule has 0 saturated carbocycles. The summed E-state index contributed by atoms with van der Waals surface area (Å²) < 4.78 is 49.1. The Balaban J connectivity index is 1.10. The summed E-state index contributed by atoms with van der Waals surface area (Å²) in [5.41, 5.74) is 2.83. The molecule has 1 amide bonds. The van der Waals surface area contributed by atoms with E-state index in [2.05, 4.69) is 44.7 Å². The van der Waals surface area contributed by atoms with Gasteiger partial charge in [-0.25, -0.2) is 13.6 Å². The van der Waals surface area contributed by atoms with E-state index in [1.807, 2.05) is 37.3 Å². The summed E-state index contributed by atoms with van der Waals surface area (Å²) in [6.07, 6.45) is 3.09. The van der Waals surface area contributed by atoms with Gasteiger partial charge >= 0.3 is 6.09 Å². The number of halogens is 2. The molecule has 0 unspecified atom stereocenters. The molecule has 1 atom stereocenters. The van der Waals surface area contributed by atoms with Crippen LogP contribution in [0.5, 0.6) is 5.88 Å². The molecule has 3 aromatic carbocycles. The van der Waals surface area contributed by atoms with Crippen LogP contribution < -0.4 is 15.0 Å². The number of morpholine rings is 1. The Kier molecular flexibility index (Phi) is 12.7. The maximum atomic E-state index is 15.8. The van der Waals surface area contributed by atoms with Crippen LogP contribution in [0.4, 0.5) is 25.1 Å². The number of nitrogens with one attached hydrogen (secondary N) is 1. The molecule has 52 heavy (non-hydrogen) atoms. The van der Waals surface area contributed by atoms with Gasteiger partial charge in [0.05, 0.1) is 32.5 Å². The third-order valence-corrected chi connectivity index (χ3v) is 10.0. The first-order valence-electron chi connectivity index (χ1n) is 18.4. The number of unbranched alkanes of at least 4 members (excludes halogenated alkanes) is 3. The topological polar surface area (TPSA) is 109 Å². The fourth-order valence-corrected chi connectivity index (χ4v) is 6.91. The molecule has 0 aliphatic carbocycles. The minimum absolute atomic E-state index is 0.0681. The van der Waals surface area contributed by atoms with Crippen LogP contribution in [-0.4, -0.2) is 78.9 Å². The molecule has 3 heterocycles. The van der Waals surface area contributed by atoms with E-state index < -0.39 is 17.9 Å². The molecule has 6 rings (SSSR count). The molecule has 4 aromatic rings. The van der Waals surface area contributed by atoms with Gasteiger partial charge in [-0.1, -0.05) is 55.0 Å². The Morgan fingerprint density at radius 2 is 1.67 bits per heavy atom. The molecular weight excluding hydrogens is 668 g/mol. The van der Waals surface area contributed by atoms with Gasteiger partial charge in [0.1, 0.15) is 0 Å². The first-order chi connectivity index (χ1) is 25.3. The maximum absolute atomic E-state index is 15.8. The van der Waals surface area contributed by atoms with Gasteiger partial charge in [0.2, 0.25) is 5.88 Å². The van der Waals surface area contributed by atoms with E-state index in [1.165, 1.54) is 16.5 Å². The number of amides is 1. The second-order valence-electron chi connectivity index (χ2n) is 13.6. The zero-order chi connectivity index (χ0) is 36.3. The highest BCUT2D eigenvalue weighted by atomic mass is 19.3. The quantitative estimate of drug-likeness (QED) is 0.111. The largest absolute Gasteiger partial charge is 0.476 e. The lowest BCUT2D eigenvalue weighted by molar-refractivity contribution is -0.0836. The third kappa shape index (κ3) is 9.46. The van der Waals surface area contributed by atoms with Crippen LogP contribution in [0.1, 0.15) is 68.2 Å². The van der Waals surface area contributed by atoms with Crippen molar-refractivity contribution in [3.8, 4) is 5.88 Å². The summed E-state index contributed by atoms with van der Waals surface area (Å²) in [6, 6.07) is 22.5. The third-order valence-electron chi connectivity index (χ3n) is 10.0. The molecule has 0 radical (unpaired) electrons. The van der Waals surface area contributed by atoms with Gasteiger partial charge in [-0.05, 0) is 74.4 Å². The van der Waals surface area contributed by atoms with Gasteiger partial charge in [0, 0.05) is 60.7 Å². The van der Waals surface area contributed by atoms with Crippen molar-refractivity contribution in [2.75, 3.05) is 62.8 Å². The molecule has 0 spiro atoms. The smallest absolute Gasteiger partial charge is 0.407 e. The number of ether oxygens (including phenoxy) is 3. The molecule has 278 valence electrons. The number of piperidine rings is 1. The predicted molar refractivity (Wildman–Crippen MR) is 197 cm³/mol. The number of nitrogens with zero attached hydrogens (tertiary/aromatic N) is 4. The van der Waals surface area contributed by atoms with E-state index >= 15 is 8.78 Å². The molecule has 2 saturated heterocycles. The zero-order valence-corrected chi connectivity index (χ0v) is 29.8. The van der Waals surface area contributed by atoms with E-state index in [4.69, 9.17) is 14.2 Å². The number of rotatable bonds is 16. The molecule has 2 N–H and O–H groups in total. The highest BCUT2D eigenvalue weighted by molar-refractivity contribution is 5.97. The van der Waals surface area contributed by atoms with Gasteiger partial charge < -0.3 is 34.4 Å². The predicted octanol–water partition coefficient (Wildman–Crippen LogP) is 8.28. The molecule has 2 fully saturated rings. The van der Waals surface area contributed by atoms with Crippen LogP contribution >= 0.6 is 0 Å². The lowest BCUT2D eigenvalue weighted by atomic mass is 9.85. The summed E-state index contributed by atoms with van der Waals surface area (Å²) in [7, 11) is 0. The highest BCUT2D eigenvalue weighted by Gasteiger charge is 2.43. The SMILES string of the molecule is C[C@@H](Nc1nnc(OCCCCCCOCc2ccccc2)c2ccc(N3CCOCC3)cc12)c1cccc(C(F)(F)C2CCN(C(=O)O)CC2)c1. The van der Waals surface area contributed by atoms with Crippen LogP contribution in [0, 0.1) is 5.92 Å². The van der Waals surface area contributed by atoms with Gasteiger partial charge in [0.25, 0.3) is 5.92 Å². The number of hydrogen-bond donors (Lipinski definition) is 2. The van der Waals surface area contributed by atoms with Gasteiger partial charge in [-0.15, -0.1) is 10.2 Å². The Labute approximate surface area is 304 Å². The van der Waals surface area contributed by atoms with Crippen LogP contribution in [-0.2, 0) is 22.0 Å². The number of likely N-dealkylation sites (tertiary alicyclic amines) is 1. The Morgan fingerprint density at radius 1 is 0.923 bits per heavy atom. The first-order valence-corrected chi connectivity index (χ1v) is 18.4. The lowest BCUT2D eigenvalue weighted by Crippen LogP contribution is -2.41. The van der Waals surface area contributed by atoms with Gasteiger partial charge in [0.15, 0.2) is 5.82 Å². The van der Waals surface area contributed by atoms with Crippen molar-refractivity contribution < 1.29 is 32.9 Å². The first kappa shape index (κ1) is 37.2. The molecule has 0 bridgehead atoms. The zero-order valence-electron chi connectivity index (χ0n) is 29.8. The van der Waals surface area contributed by atoms with E-state index in [9.17, 15) is 9.90 Å². The van der Waals surface area contributed by atoms with Crippen molar-refractivity contribution in [1.82, 2.24) is 15.1 Å². The molecule has 2 aliphatic heterocycles. The van der Waals surface area contributed by atoms with Crippen LogP contribution in [0.2, 0.25) is 0 Å². The Bertz CT molecular complexity index is 1750. The maximum Gasteiger partial charge on any atom is 0.407 e. The Hall–Kier alpha value is -4.55. The van der Waals surface area contributed by atoms with Crippen molar-refractivity contribution in [3.05, 3.63) is 89.5 Å². The van der Waals surface area contributed by atoms with Crippen molar-refractivity contribution >= 4 is 28.4 Å². The second kappa shape index (κ2) is 17.8. The Morgan fingerprint density at radius 3 is 2.42 bits per heavy atom. The normalized spacial score (nSPS) is 16.2. The fourth-order valence-electron chi connectivity index (χ4n) is 6.91. The van der Waals surface area contributed by atoms with E-state index in [-0.39, 0.29) is 37.5 Å². The fraction of sp³-hybridized carbons (Fsp3) is 0.475. The summed E-state index contributed by atoms with van der Waals surface area (Å²) in [5, 5.41) is 23.4. The van der Waals surface area contributed by atoms with E-state index in [1.54, 1.807) is 12.1 Å². The molecule has 1 aromatic heterocycles. The molecule has 10 nitrogen and oxygen atoms in total. The minimum atomic E-state index is -3.09. The number of carboxylic acid groups (broad SMARTS) is 1. The monoisotopic (exact) mass is 717 g/mol. The number of alkyl halides is 2. The molecular formula is C40H49F2N5O5. The van der Waals surface area contributed by atoms with Crippen LogP contribution in [0.15, 0.2) is 72.8 Å². The molecule has 12 heteroatoms. The number of benzene rings is 3. The van der Waals surface area contributed by atoms with Gasteiger partial charge in [-0.2, -0.15) is 0 Å². The molecule has 2 aliphatic rings. The van der Waals surface area contributed by atoms with Crippen molar-refractivity contribution in [3.63, 3.8) is 0 Å². The standard InChI is InChI=1S/C40H49F2N5O5/c1-29(31-12-9-13-33(26-31)40(41,42)32-16-18-47(19-17-32)39(48)49)43-37-36-27-34(46-20-24-50-25-21-46)14-15-35(36)38(45-44-37)52-23-8-3-2-7-22-51-28-30-10-5-4-6-11-30/h4-6,9-15,26-27,29,32H,2-3,7-8,16-25,28H2,1H3,(H,43,44)(H,48,49)/t29-/m1/s1. The summed E-state index contributed by atoms with van der Waals surface area (Å²) in [5.74, 6) is -3.02. The van der Waals surface area contributed by atoms with Crippen LogP contribution in [0.25, 0.3) is 10.8 Å². The van der Waals surface area contributed by atoms with Crippen molar-refractivity contribution in [1.29, 1.82) is 0 Å². The number of hydrogen-bond acceptors (Lipinski definition) is 8. The highest BCUT2D eigenvalue weighted by Crippen LogP contribution is 2.42. The lowest BCUT2D eigenvalue weighted by Gasteiger charge is -2.35. The average molecular weight is 718 g/mol. The van der Waals surface area contributed by atoms with E-state index in [0.717, 1.165) is 61.8 Å². The average Bonchev–Trinajstić information content (AvgIpc) is 3.18. The second-order valence-corrected chi connectivity index (χ2v) is 13.6. The summed E-state index contributed by atoms with van der Waals surface area (Å²) in [6.45, 7) is 6.87. The number of aromatic nitrogens is 2.